The van der Waals surface area contributed by atoms with E-state index in [1.807, 2.05) is 6.92 Å². The van der Waals surface area contributed by atoms with Gasteiger partial charge in [0.1, 0.15) is 6.10 Å². The third-order valence-electron chi connectivity index (χ3n) is 2.83. The van der Waals surface area contributed by atoms with Crippen molar-refractivity contribution in [1.29, 1.82) is 0 Å². The minimum atomic E-state index is -0.663. The summed E-state index contributed by atoms with van der Waals surface area (Å²) >= 11 is 0. The maximum absolute atomic E-state index is 9.77. The van der Waals surface area contributed by atoms with Gasteiger partial charge in [0.2, 0.25) is 0 Å². The van der Waals surface area contributed by atoms with Crippen LogP contribution in [0.5, 0.6) is 0 Å². The molecule has 0 amide bonds. The number of hydrogen-bond donors (Lipinski definition) is 3. The van der Waals surface area contributed by atoms with Gasteiger partial charge in [0.05, 0.1) is 18.8 Å². The molecule has 1 aliphatic heterocycles. The van der Waals surface area contributed by atoms with E-state index in [4.69, 9.17) is 14.6 Å². The minimum absolute atomic E-state index is 0.0177. The number of ether oxygens (including phenoxy) is 2. The van der Waals surface area contributed by atoms with Crippen molar-refractivity contribution in [2.24, 2.45) is 5.92 Å². The summed E-state index contributed by atoms with van der Waals surface area (Å²) in [7, 11) is 3.34. The SMILES string of the molecule is CN[C@H]1[C@@H](OC)O[C@H](CO)[C@H](O)[C@@H]1C. The number of rotatable bonds is 3. The van der Waals surface area contributed by atoms with E-state index in [9.17, 15) is 5.11 Å². The Hall–Kier alpha value is -0.200. The molecule has 1 fully saturated rings. The van der Waals surface area contributed by atoms with Gasteiger partial charge in [-0.15, -0.1) is 0 Å². The second-order valence-corrected chi connectivity index (χ2v) is 3.63. The Balaban J connectivity index is 2.71. The Morgan fingerprint density at radius 3 is 2.57 bits per heavy atom. The molecule has 0 aliphatic carbocycles. The first kappa shape index (κ1) is 11.9. The molecule has 1 aliphatic rings. The number of nitrogens with one attached hydrogen (secondary N) is 1. The molecule has 0 aromatic rings. The Morgan fingerprint density at radius 1 is 1.50 bits per heavy atom. The molecule has 0 radical (unpaired) electrons. The van der Waals surface area contributed by atoms with E-state index < -0.39 is 18.5 Å². The summed E-state index contributed by atoms with van der Waals surface area (Å²) in [5, 5.41) is 21.8. The van der Waals surface area contributed by atoms with Crippen LogP contribution in [-0.4, -0.2) is 55.5 Å². The molecular formula is C9H19NO4. The van der Waals surface area contributed by atoms with Gasteiger partial charge in [-0.2, -0.15) is 0 Å². The van der Waals surface area contributed by atoms with E-state index in [-0.39, 0.29) is 18.6 Å². The second-order valence-electron chi connectivity index (χ2n) is 3.63. The summed E-state index contributed by atoms with van der Waals surface area (Å²) in [4.78, 5) is 0. The average molecular weight is 205 g/mol. The van der Waals surface area contributed by atoms with Gasteiger partial charge in [-0.1, -0.05) is 6.92 Å². The lowest BCUT2D eigenvalue weighted by Gasteiger charge is -2.42. The van der Waals surface area contributed by atoms with Crippen molar-refractivity contribution >= 4 is 0 Å². The van der Waals surface area contributed by atoms with Crippen LogP contribution < -0.4 is 5.32 Å². The lowest BCUT2D eigenvalue weighted by atomic mass is 9.89. The highest BCUT2D eigenvalue weighted by Gasteiger charge is 2.41. The molecule has 0 aromatic carbocycles. The van der Waals surface area contributed by atoms with E-state index in [1.54, 1.807) is 14.2 Å². The number of aliphatic hydroxyl groups is 2. The van der Waals surface area contributed by atoms with Crippen LogP contribution in [0.15, 0.2) is 0 Å². The van der Waals surface area contributed by atoms with Gasteiger partial charge < -0.3 is 25.0 Å². The monoisotopic (exact) mass is 205 g/mol. The fourth-order valence-electron chi connectivity index (χ4n) is 1.89. The first-order chi connectivity index (χ1) is 6.65. The van der Waals surface area contributed by atoms with E-state index >= 15 is 0 Å². The molecule has 14 heavy (non-hydrogen) atoms. The maximum atomic E-state index is 9.77. The van der Waals surface area contributed by atoms with Gasteiger partial charge >= 0.3 is 0 Å². The van der Waals surface area contributed by atoms with Crippen LogP contribution in [0.25, 0.3) is 0 Å². The molecule has 1 saturated heterocycles. The second kappa shape index (κ2) is 5.04. The fraction of sp³-hybridized carbons (Fsp3) is 1.00. The summed E-state index contributed by atoms with van der Waals surface area (Å²) in [6.07, 6.45) is -1.64. The first-order valence-corrected chi connectivity index (χ1v) is 4.80. The minimum Gasteiger partial charge on any atom is -0.394 e. The van der Waals surface area contributed by atoms with Crippen LogP contribution in [0.2, 0.25) is 0 Å². The predicted octanol–water partition coefficient (Wildman–Crippen LogP) is -1.06. The van der Waals surface area contributed by atoms with Crippen molar-refractivity contribution in [3.05, 3.63) is 0 Å². The maximum Gasteiger partial charge on any atom is 0.173 e. The molecule has 1 heterocycles. The van der Waals surface area contributed by atoms with Crippen LogP contribution in [0.4, 0.5) is 0 Å². The zero-order chi connectivity index (χ0) is 10.7. The van der Waals surface area contributed by atoms with E-state index in [0.717, 1.165) is 0 Å². The molecule has 0 aromatic heterocycles. The van der Waals surface area contributed by atoms with E-state index in [0.29, 0.717) is 0 Å². The summed E-state index contributed by atoms with van der Waals surface area (Å²) in [5.41, 5.74) is 0. The zero-order valence-corrected chi connectivity index (χ0v) is 8.80. The Kier molecular flexibility index (Phi) is 4.28. The van der Waals surface area contributed by atoms with Crippen molar-refractivity contribution in [2.75, 3.05) is 20.8 Å². The molecule has 1 rings (SSSR count). The number of aliphatic hydroxyl groups excluding tert-OH is 2. The Morgan fingerprint density at radius 2 is 2.14 bits per heavy atom. The Labute approximate surface area is 84.0 Å². The highest BCUT2D eigenvalue weighted by atomic mass is 16.7. The van der Waals surface area contributed by atoms with Gasteiger partial charge in [0.15, 0.2) is 6.29 Å². The van der Waals surface area contributed by atoms with Crippen molar-refractivity contribution in [2.45, 2.75) is 31.5 Å². The normalized spacial score (nSPS) is 43.9. The first-order valence-electron chi connectivity index (χ1n) is 4.80. The van der Waals surface area contributed by atoms with Crippen LogP contribution in [0.3, 0.4) is 0 Å². The largest absolute Gasteiger partial charge is 0.394 e. The molecule has 3 N–H and O–H groups in total. The number of methoxy groups -OCH3 is 1. The molecule has 0 bridgehead atoms. The van der Waals surface area contributed by atoms with Gasteiger partial charge in [0.25, 0.3) is 0 Å². The van der Waals surface area contributed by atoms with Crippen LogP contribution in [-0.2, 0) is 9.47 Å². The van der Waals surface area contributed by atoms with Gasteiger partial charge in [-0.05, 0) is 7.05 Å². The summed E-state index contributed by atoms with van der Waals surface area (Å²) in [6, 6.07) is -0.0576. The number of hydrogen-bond acceptors (Lipinski definition) is 5. The molecule has 5 heteroatoms. The fourth-order valence-corrected chi connectivity index (χ4v) is 1.89. The van der Waals surface area contributed by atoms with E-state index in [2.05, 4.69) is 5.32 Å². The molecule has 84 valence electrons. The zero-order valence-electron chi connectivity index (χ0n) is 8.80. The topological polar surface area (TPSA) is 71.0 Å². The Bertz CT molecular complexity index is 176. The highest BCUT2D eigenvalue weighted by molar-refractivity contribution is 4.89. The predicted molar refractivity (Wildman–Crippen MR) is 50.8 cm³/mol. The van der Waals surface area contributed by atoms with E-state index in [1.165, 1.54) is 0 Å². The lowest BCUT2D eigenvalue weighted by Crippen LogP contribution is -2.59. The summed E-state index contributed by atoms with van der Waals surface area (Å²) in [6.45, 7) is 1.71. The molecule has 0 spiro atoms. The number of likely N-dealkylation sites (N-methyl/N-ethyl adjacent to an activating group) is 1. The quantitative estimate of drug-likeness (QED) is 0.547. The highest BCUT2D eigenvalue weighted by Crippen LogP contribution is 2.25. The standard InChI is InChI=1S/C9H19NO4/c1-5-7(10-2)9(13-3)14-6(4-11)8(5)12/h5-12H,4H2,1-3H3/t5-,6-,7-,8-,9+/m1/s1. The lowest BCUT2D eigenvalue weighted by molar-refractivity contribution is -0.248. The third kappa shape index (κ3) is 2.07. The van der Waals surface area contributed by atoms with Crippen molar-refractivity contribution in [3.8, 4) is 0 Å². The molecule has 0 unspecified atom stereocenters. The average Bonchev–Trinajstić information content (AvgIpc) is 2.21. The molecular weight excluding hydrogens is 186 g/mol. The van der Waals surface area contributed by atoms with Crippen molar-refractivity contribution in [1.82, 2.24) is 5.32 Å². The molecule has 5 atom stereocenters. The van der Waals surface area contributed by atoms with Crippen LogP contribution in [0, 0.1) is 5.92 Å². The van der Waals surface area contributed by atoms with Crippen LogP contribution >= 0.6 is 0 Å². The molecule has 5 nitrogen and oxygen atoms in total. The van der Waals surface area contributed by atoms with Crippen molar-refractivity contribution < 1.29 is 19.7 Å². The van der Waals surface area contributed by atoms with Crippen molar-refractivity contribution in [3.63, 3.8) is 0 Å². The summed E-state index contributed by atoms with van der Waals surface area (Å²) < 4.78 is 10.5. The van der Waals surface area contributed by atoms with Gasteiger partial charge in [-0.25, -0.2) is 0 Å². The molecule has 0 saturated carbocycles. The smallest absolute Gasteiger partial charge is 0.173 e. The van der Waals surface area contributed by atoms with Gasteiger partial charge in [0, 0.05) is 13.0 Å². The van der Waals surface area contributed by atoms with Crippen LogP contribution in [0.1, 0.15) is 6.92 Å². The third-order valence-corrected chi connectivity index (χ3v) is 2.83. The summed E-state index contributed by atoms with van der Waals surface area (Å²) in [5.74, 6) is -0.0177. The van der Waals surface area contributed by atoms with Gasteiger partial charge in [-0.3, -0.25) is 0 Å².